The Morgan fingerprint density at radius 2 is 1.59 bits per heavy atom. The molecular weight excluding hydrogens is 865 g/mol. The predicted octanol–water partition coefficient (Wildman–Crippen LogP) is 0.675. The maximum absolute atomic E-state index is 14.0. The van der Waals surface area contributed by atoms with E-state index in [1.807, 2.05) is 66.8 Å². The number of aliphatic hydroxyl groups is 1. The van der Waals surface area contributed by atoms with Gasteiger partial charge < -0.3 is 46.2 Å². The molecule has 0 bridgehead atoms. The standard InChI is InChI=1S/C40H62IN7O10/c1-9-24(4)33(45-35(52)28(17-18-31(42)49)47(7)38(55)27(20-23(2)3)44-37(54)34(51)25(5)41)36(53)43-22-32(50)46(6)30(21-26-14-11-10-12-15-26)39(56)48-19-13-16-29(48)40(57)58-8/h10-12,14-15,23-25,27-30,33-34,51H,9,13,16-22H2,1-8H3,(H2,42,49)(H,43,53)(H,44,54)(H,45,52)/t24?,25-,27?,28+,29?,30-,33?,34+/m1/s1. The third-order valence-corrected chi connectivity index (χ3v) is 11.1. The molecule has 1 saturated heterocycles. The average molecular weight is 928 g/mol. The Hall–Kier alpha value is -4.33. The molecule has 324 valence electrons. The number of benzene rings is 1. The number of rotatable bonds is 22. The summed E-state index contributed by atoms with van der Waals surface area (Å²) in [6.07, 6.45) is -0.0810. The summed E-state index contributed by atoms with van der Waals surface area (Å²) in [7, 11) is 4.05. The van der Waals surface area contributed by atoms with E-state index in [0.29, 0.717) is 25.8 Å². The van der Waals surface area contributed by atoms with Gasteiger partial charge in [0, 0.05) is 37.4 Å². The molecule has 6 N–H and O–H groups in total. The summed E-state index contributed by atoms with van der Waals surface area (Å²) >= 11 is 1.89. The minimum absolute atomic E-state index is 0.0707. The lowest BCUT2D eigenvalue weighted by Gasteiger charge is -2.34. The molecule has 58 heavy (non-hydrogen) atoms. The molecule has 1 aliphatic rings. The van der Waals surface area contributed by atoms with Gasteiger partial charge in [-0.05, 0) is 43.1 Å². The number of halogens is 1. The van der Waals surface area contributed by atoms with Crippen LogP contribution in [-0.2, 0) is 49.5 Å². The van der Waals surface area contributed by atoms with E-state index < -0.39 is 100 Å². The maximum atomic E-state index is 14.0. The first-order valence-corrected chi connectivity index (χ1v) is 20.9. The number of carbonyl (C=O) groups excluding carboxylic acids is 8. The highest BCUT2D eigenvalue weighted by molar-refractivity contribution is 14.1. The van der Waals surface area contributed by atoms with Crippen LogP contribution in [-0.4, -0.2) is 142 Å². The Labute approximate surface area is 355 Å². The fourth-order valence-electron chi connectivity index (χ4n) is 6.69. The van der Waals surface area contributed by atoms with Gasteiger partial charge in [0.15, 0.2) is 0 Å². The van der Waals surface area contributed by atoms with Crippen LogP contribution in [0.15, 0.2) is 30.3 Å². The van der Waals surface area contributed by atoms with Crippen LogP contribution >= 0.6 is 22.6 Å². The summed E-state index contributed by atoms with van der Waals surface area (Å²) in [5, 5.41) is 18.2. The highest BCUT2D eigenvalue weighted by Gasteiger charge is 2.41. The largest absolute Gasteiger partial charge is 0.467 e. The molecule has 7 amide bonds. The minimum atomic E-state index is -1.39. The number of nitrogens with one attached hydrogen (secondary N) is 3. The van der Waals surface area contributed by atoms with Crippen molar-refractivity contribution in [3.63, 3.8) is 0 Å². The molecule has 0 saturated carbocycles. The molecule has 0 spiro atoms. The molecule has 1 fully saturated rings. The number of likely N-dealkylation sites (tertiary alicyclic amines) is 1. The molecule has 0 aromatic heterocycles. The van der Waals surface area contributed by atoms with Gasteiger partial charge in [-0.3, -0.25) is 33.6 Å². The lowest BCUT2D eigenvalue weighted by atomic mass is 9.96. The van der Waals surface area contributed by atoms with Crippen molar-refractivity contribution >= 4 is 69.9 Å². The summed E-state index contributed by atoms with van der Waals surface area (Å²) in [6.45, 7) is 8.64. The van der Waals surface area contributed by atoms with E-state index in [9.17, 15) is 43.5 Å². The first kappa shape index (κ1) is 49.8. The second kappa shape index (κ2) is 23.9. The SMILES string of the molecule is CCC(C)C(NC(=O)[C@H](CCC(N)=O)N(C)C(=O)C(CC(C)C)NC(=O)[C@@H](O)[C@@H](C)I)C(=O)NCC(=O)N(C)[C@H](Cc1ccccc1)C(=O)N1CCCC1C(=O)OC. The van der Waals surface area contributed by atoms with Crippen LogP contribution in [0.2, 0.25) is 0 Å². The summed E-state index contributed by atoms with van der Waals surface area (Å²) in [6, 6.07) is 3.69. The van der Waals surface area contributed by atoms with Crippen LogP contribution < -0.4 is 21.7 Å². The topological polar surface area (TPSA) is 238 Å². The fraction of sp³-hybridized carbons (Fsp3) is 0.650. The molecule has 1 aromatic carbocycles. The van der Waals surface area contributed by atoms with E-state index in [0.717, 1.165) is 10.5 Å². The second-order valence-corrected chi connectivity index (χ2v) is 17.3. The van der Waals surface area contributed by atoms with Gasteiger partial charge in [-0.15, -0.1) is 0 Å². The summed E-state index contributed by atoms with van der Waals surface area (Å²) in [4.78, 5) is 110. The van der Waals surface area contributed by atoms with Crippen LogP contribution in [0.3, 0.4) is 0 Å². The van der Waals surface area contributed by atoms with E-state index in [-0.39, 0.29) is 31.6 Å². The van der Waals surface area contributed by atoms with Gasteiger partial charge in [0.05, 0.1) is 13.7 Å². The normalized spacial score (nSPS) is 17.4. The number of likely N-dealkylation sites (N-methyl/N-ethyl adjacent to an activating group) is 2. The predicted molar refractivity (Wildman–Crippen MR) is 224 cm³/mol. The van der Waals surface area contributed by atoms with Gasteiger partial charge in [-0.25, -0.2) is 4.79 Å². The zero-order chi connectivity index (χ0) is 43.9. The Balaban J connectivity index is 2.31. The fourth-order valence-corrected chi connectivity index (χ4v) is 7.02. The quantitative estimate of drug-likeness (QED) is 0.0620. The number of hydrogen-bond acceptors (Lipinski definition) is 10. The van der Waals surface area contributed by atoms with E-state index in [4.69, 9.17) is 10.5 Å². The molecule has 1 aromatic rings. The molecular formula is C40H62IN7O10. The van der Waals surface area contributed by atoms with Crippen molar-refractivity contribution in [1.82, 2.24) is 30.7 Å². The van der Waals surface area contributed by atoms with Crippen molar-refractivity contribution in [2.24, 2.45) is 17.6 Å². The molecule has 8 atom stereocenters. The first-order chi connectivity index (χ1) is 27.2. The molecule has 18 heteroatoms. The van der Waals surface area contributed by atoms with Gasteiger partial charge in [0.25, 0.3) is 5.91 Å². The first-order valence-electron chi connectivity index (χ1n) is 19.7. The third-order valence-electron chi connectivity index (χ3n) is 10.4. The second-order valence-electron chi connectivity index (χ2n) is 15.3. The summed E-state index contributed by atoms with van der Waals surface area (Å²) < 4.78 is 4.47. The number of nitrogens with two attached hydrogens (primary N) is 1. The lowest BCUT2D eigenvalue weighted by molar-refractivity contribution is -0.154. The van der Waals surface area contributed by atoms with Crippen molar-refractivity contribution < 1.29 is 48.2 Å². The van der Waals surface area contributed by atoms with Crippen molar-refractivity contribution in [3.8, 4) is 0 Å². The van der Waals surface area contributed by atoms with Gasteiger partial charge in [0.2, 0.25) is 35.4 Å². The molecule has 1 heterocycles. The number of alkyl halides is 1. The van der Waals surface area contributed by atoms with Crippen molar-refractivity contribution in [2.45, 2.75) is 120 Å². The Morgan fingerprint density at radius 3 is 2.14 bits per heavy atom. The Bertz CT molecular complexity index is 1600. The number of primary amides is 1. The number of aliphatic hydroxyl groups excluding tert-OH is 1. The van der Waals surface area contributed by atoms with E-state index in [1.165, 1.54) is 31.0 Å². The van der Waals surface area contributed by atoms with Gasteiger partial charge in [-0.2, -0.15) is 0 Å². The molecule has 4 unspecified atom stereocenters. The number of amides is 7. The zero-order valence-electron chi connectivity index (χ0n) is 34.9. The molecule has 0 aliphatic carbocycles. The van der Waals surface area contributed by atoms with E-state index >= 15 is 0 Å². The zero-order valence-corrected chi connectivity index (χ0v) is 37.0. The van der Waals surface area contributed by atoms with Crippen molar-refractivity contribution in [1.29, 1.82) is 0 Å². The molecule has 17 nitrogen and oxygen atoms in total. The number of esters is 1. The third kappa shape index (κ3) is 14.5. The summed E-state index contributed by atoms with van der Waals surface area (Å²) in [5.41, 5.74) is 6.20. The van der Waals surface area contributed by atoms with Crippen molar-refractivity contribution in [2.75, 3.05) is 34.3 Å². The minimum Gasteiger partial charge on any atom is -0.467 e. The van der Waals surface area contributed by atoms with Crippen molar-refractivity contribution in [3.05, 3.63) is 35.9 Å². The maximum Gasteiger partial charge on any atom is 0.328 e. The highest BCUT2D eigenvalue weighted by Crippen LogP contribution is 2.22. The van der Waals surface area contributed by atoms with Crippen LogP contribution in [0.25, 0.3) is 0 Å². The Kier molecular flexibility index (Phi) is 20.5. The average Bonchev–Trinajstić information content (AvgIpc) is 3.69. The van der Waals surface area contributed by atoms with Gasteiger partial charge in [0.1, 0.15) is 36.3 Å². The molecule has 2 rings (SSSR count). The van der Waals surface area contributed by atoms with E-state index in [2.05, 4.69) is 16.0 Å². The van der Waals surface area contributed by atoms with Crippen LogP contribution in [0, 0.1) is 11.8 Å². The van der Waals surface area contributed by atoms with Gasteiger partial charge >= 0.3 is 5.97 Å². The Morgan fingerprint density at radius 1 is 0.948 bits per heavy atom. The number of carbonyl (C=O) groups is 8. The smallest absolute Gasteiger partial charge is 0.328 e. The number of hydrogen-bond donors (Lipinski definition) is 5. The number of ether oxygens (including phenoxy) is 1. The van der Waals surface area contributed by atoms with Crippen LogP contribution in [0.4, 0.5) is 0 Å². The van der Waals surface area contributed by atoms with E-state index in [1.54, 1.807) is 20.8 Å². The monoisotopic (exact) mass is 927 g/mol. The number of nitrogens with zero attached hydrogens (tertiary/aromatic N) is 3. The van der Waals surface area contributed by atoms with Crippen LogP contribution in [0.5, 0.6) is 0 Å². The van der Waals surface area contributed by atoms with Crippen LogP contribution in [0.1, 0.15) is 78.7 Å². The molecule has 0 radical (unpaired) electrons. The molecule has 1 aliphatic heterocycles. The van der Waals surface area contributed by atoms with Gasteiger partial charge in [-0.1, -0.05) is 94.0 Å². The lowest BCUT2D eigenvalue weighted by Crippen LogP contribution is -2.59. The summed E-state index contributed by atoms with van der Waals surface area (Å²) in [5.74, 6) is -5.70. The highest BCUT2D eigenvalue weighted by atomic mass is 127. The number of methoxy groups -OCH3 is 1.